The summed E-state index contributed by atoms with van der Waals surface area (Å²) in [5.74, 6) is -0.0433. The number of benzene rings is 1. The number of aryl methyl sites for hydroxylation is 1. The molecule has 1 N–H and O–H groups in total. The molecule has 0 bridgehead atoms. The number of hydrogen-bond acceptors (Lipinski definition) is 6. The van der Waals surface area contributed by atoms with Crippen molar-refractivity contribution in [2.45, 2.75) is 38.8 Å². The molecule has 1 fully saturated rings. The number of nitrogens with one attached hydrogen (secondary N) is 1. The third-order valence-corrected chi connectivity index (χ3v) is 5.93. The van der Waals surface area contributed by atoms with Crippen LogP contribution in [-0.4, -0.2) is 27.4 Å². The van der Waals surface area contributed by atoms with Crippen LogP contribution in [0.3, 0.4) is 0 Å². The third kappa shape index (κ3) is 5.01. The monoisotopic (exact) mass is 447 g/mol. The summed E-state index contributed by atoms with van der Waals surface area (Å²) in [6.07, 6.45) is 1.67. The van der Waals surface area contributed by atoms with Gasteiger partial charge in [-0.25, -0.2) is 15.0 Å². The van der Waals surface area contributed by atoms with Crippen LogP contribution >= 0.6 is 11.3 Å². The normalized spacial score (nSPS) is 15.1. The first-order valence-corrected chi connectivity index (χ1v) is 10.7. The van der Waals surface area contributed by atoms with Crippen molar-refractivity contribution < 1.29 is 18.0 Å². The van der Waals surface area contributed by atoms with E-state index in [1.807, 2.05) is 13.0 Å². The van der Waals surface area contributed by atoms with Gasteiger partial charge in [0.2, 0.25) is 11.9 Å². The van der Waals surface area contributed by atoms with Gasteiger partial charge in [0, 0.05) is 31.0 Å². The van der Waals surface area contributed by atoms with Crippen LogP contribution in [0.2, 0.25) is 0 Å². The van der Waals surface area contributed by atoms with Gasteiger partial charge in [-0.15, -0.1) is 0 Å². The highest BCUT2D eigenvalue weighted by Gasteiger charge is 2.32. The van der Waals surface area contributed by atoms with Crippen LogP contribution in [0.4, 0.5) is 29.9 Å². The Hall–Kier alpha value is -3.01. The van der Waals surface area contributed by atoms with Crippen LogP contribution in [-0.2, 0) is 11.0 Å². The molecule has 0 saturated carbocycles. The molecule has 4 rings (SSSR count). The minimum absolute atomic E-state index is 0.0895. The van der Waals surface area contributed by atoms with Gasteiger partial charge >= 0.3 is 6.18 Å². The van der Waals surface area contributed by atoms with Gasteiger partial charge in [0.1, 0.15) is 5.69 Å². The number of aromatic nitrogens is 3. The molecule has 0 aliphatic carbocycles. The Morgan fingerprint density at radius 1 is 1.13 bits per heavy atom. The van der Waals surface area contributed by atoms with E-state index in [0.717, 1.165) is 47.5 Å². The highest BCUT2D eigenvalue weighted by molar-refractivity contribution is 7.19. The van der Waals surface area contributed by atoms with Gasteiger partial charge in [0.05, 0.1) is 4.88 Å². The van der Waals surface area contributed by atoms with Gasteiger partial charge in [-0.05, 0) is 49.1 Å². The van der Waals surface area contributed by atoms with Gasteiger partial charge in [-0.3, -0.25) is 9.69 Å². The van der Waals surface area contributed by atoms with Crippen molar-refractivity contribution in [2.75, 3.05) is 16.8 Å². The number of alkyl halides is 3. The molecule has 10 heteroatoms. The predicted octanol–water partition coefficient (Wildman–Crippen LogP) is 5.58. The molecule has 6 nitrogen and oxygen atoms in total. The van der Waals surface area contributed by atoms with Gasteiger partial charge in [0.15, 0.2) is 5.13 Å². The zero-order chi connectivity index (χ0) is 22.0. The number of carbonyl (C=O) groups is 1. The average Bonchev–Trinajstić information content (AvgIpc) is 3.10. The van der Waals surface area contributed by atoms with Crippen molar-refractivity contribution in [2.24, 2.45) is 0 Å². The van der Waals surface area contributed by atoms with Crippen LogP contribution < -0.4 is 10.2 Å². The van der Waals surface area contributed by atoms with E-state index >= 15 is 0 Å². The lowest BCUT2D eigenvalue weighted by Crippen LogP contribution is -2.29. The van der Waals surface area contributed by atoms with E-state index in [9.17, 15) is 18.0 Å². The zero-order valence-electron chi connectivity index (χ0n) is 16.7. The molecule has 1 aliphatic rings. The molecule has 3 aromatic rings. The minimum atomic E-state index is -4.54. The standard InChI is InChI=1S/C21H20F3N5OS/c1-13-9-14(16-12-26-20(31-16)29-8-4-2-3-5-18(29)30)11-15(10-13)27-19-25-7-6-17(28-19)21(22,23)24/h6-7,9-12H,2-5,8H2,1H3,(H,25,27,28). The van der Waals surface area contributed by atoms with E-state index in [1.165, 1.54) is 11.3 Å². The highest BCUT2D eigenvalue weighted by Crippen LogP contribution is 2.35. The van der Waals surface area contributed by atoms with Gasteiger partial charge in [-0.2, -0.15) is 13.2 Å². The van der Waals surface area contributed by atoms with E-state index < -0.39 is 11.9 Å². The minimum Gasteiger partial charge on any atom is -0.324 e. The van der Waals surface area contributed by atoms with Crippen molar-refractivity contribution >= 4 is 34.0 Å². The van der Waals surface area contributed by atoms with Gasteiger partial charge in [0.25, 0.3) is 0 Å². The fourth-order valence-electron chi connectivity index (χ4n) is 3.41. The van der Waals surface area contributed by atoms with Crippen LogP contribution in [0.5, 0.6) is 0 Å². The van der Waals surface area contributed by atoms with Crippen molar-refractivity contribution in [1.82, 2.24) is 15.0 Å². The average molecular weight is 447 g/mol. The summed E-state index contributed by atoms with van der Waals surface area (Å²) in [4.78, 5) is 26.8. The number of amides is 1. The smallest absolute Gasteiger partial charge is 0.324 e. The van der Waals surface area contributed by atoms with E-state index in [1.54, 1.807) is 23.2 Å². The molecule has 1 amide bonds. The summed E-state index contributed by atoms with van der Waals surface area (Å²) in [6, 6.07) is 6.39. The van der Waals surface area contributed by atoms with Crippen molar-refractivity contribution in [3.05, 3.63) is 47.9 Å². The summed E-state index contributed by atoms with van der Waals surface area (Å²) in [6.45, 7) is 2.56. The van der Waals surface area contributed by atoms with E-state index in [-0.39, 0.29) is 11.9 Å². The van der Waals surface area contributed by atoms with Crippen LogP contribution in [0.25, 0.3) is 10.4 Å². The quantitative estimate of drug-likeness (QED) is 0.566. The molecule has 2 aromatic heterocycles. The first kappa shape index (κ1) is 21.2. The van der Waals surface area contributed by atoms with Crippen molar-refractivity contribution in [3.63, 3.8) is 0 Å². The molecule has 31 heavy (non-hydrogen) atoms. The molecule has 162 valence electrons. The summed E-state index contributed by atoms with van der Waals surface area (Å²) in [5.41, 5.74) is 1.32. The first-order chi connectivity index (χ1) is 14.8. The zero-order valence-corrected chi connectivity index (χ0v) is 17.6. The van der Waals surface area contributed by atoms with Crippen LogP contribution in [0, 0.1) is 6.92 Å². The molecule has 0 radical (unpaired) electrons. The summed E-state index contributed by atoms with van der Waals surface area (Å²) >= 11 is 1.42. The Morgan fingerprint density at radius 3 is 2.77 bits per heavy atom. The van der Waals surface area contributed by atoms with E-state index in [4.69, 9.17) is 0 Å². The molecule has 1 aromatic carbocycles. The van der Waals surface area contributed by atoms with Crippen molar-refractivity contribution in [3.8, 4) is 10.4 Å². The lowest BCUT2D eigenvalue weighted by molar-refractivity contribution is -0.141. The topological polar surface area (TPSA) is 71.0 Å². The molecule has 0 unspecified atom stereocenters. The molecule has 0 spiro atoms. The highest BCUT2D eigenvalue weighted by atomic mass is 32.1. The van der Waals surface area contributed by atoms with E-state index in [0.29, 0.717) is 23.8 Å². The summed E-state index contributed by atoms with van der Waals surface area (Å²) in [7, 11) is 0. The number of thiazole rings is 1. The number of anilines is 3. The molecule has 1 saturated heterocycles. The molecule has 3 heterocycles. The molecular weight excluding hydrogens is 427 g/mol. The SMILES string of the molecule is Cc1cc(Nc2nccc(C(F)(F)F)n2)cc(-c2cnc(N3CCCCCC3=O)s2)c1. The summed E-state index contributed by atoms with van der Waals surface area (Å²) < 4.78 is 38.7. The Balaban J connectivity index is 1.59. The van der Waals surface area contributed by atoms with Gasteiger partial charge in [-0.1, -0.05) is 23.8 Å². The fraction of sp³-hybridized carbons (Fsp3) is 0.333. The van der Waals surface area contributed by atoms with Crippen LogP contribution in [0.1, 0.15) is 36.9 Å². The Morgan fingerprint density at radius 2 is 1.97 bits per heavy atom. The Bertz CT molecular complexity index is 1100. The summed E-state index contributed by atoms with van der Waals surface area (Å²) in [5, 5.41) is 3.52. The van der Waals surface area contributed by atoms with E-state index in [2.05, 4.69) is 20.3 Å². The number of hydrogen-bond donors (Lipinski definition) is 1. The number of carbonyl (C=O) groups excluding carboxylic acids is 1. The third-order valence-electron chi connectivity index (χ3n) is 4.86. The molecular formula is C21H20F3N5OS. The number of halogens is 3. The second kappa shape index (κ2) is 8.62. The maximum atomic E-state index is 12.9. The number of rotatable bonds is 4. The lowest BCUT2D eigenvalue weighted by Gasteiger charge is -2.16. The molecule has 1 aliphatic heterocycles. The lowest BCUT2D eigenvalue weighted by atomic mass is 10.1. The Kier molecular flexibility index (Phi) is 5.90. The maximum Gasteiger partial charge on any atom is 0.433 e. The predicted molar refractivity (Wildman–Crippen MR) is 113 cm³/mol. The van der Waals surface area contributed by atoms with Crippen molar-refractivity contribution in [1.29, 1.82) is 0 Å². The second-order valence-electron chi connectivity index (χ2n) is 7.34. The second-order valence-corrected chi connectivity index (χ2v) is 8.35. The molecule has 0 atom stereocenters. The van der Waals surface area contributed by atoms with Gasteiger partial charge < -0.3 is 5.32 Å². The van der Waals surface area contributed by atoms with Crippen LogP contribution in [0.15, 0.2) is 36.7 Å². The fourth-order valence-corrected chi connectivity index (χ4v) is 4.36. The first-order valence-electron chi connectivity index (χ1n) is 9.85. The maximum absolute atomic E-state index is 12.9. The Labute approximate surface area is 181 Å². The number of nitrogens with zero attached hydrogens (tertiary/aromatic N) is 4. The largest absolute Gasteiger partial charge is 0.433 e.